The summed E-state index contributed by atoms with van der Waals surface area (Å²) < 4.78 is 82.1. The van der Waals surface area contributed by atoms with E-state index in [4.69, 9.17) is 9.90 Å². The maximum atomic E-state index is 12.4. The van der Waals surface area contributed by atoms with Crippen LogP contribution in [0.1, 0.15) is 0 Å². The molecule has 3 heterocycles. The second-order valence-electron chi connectivity index (χ2n) is 4.21. The molecule has 20 heavy (non-hydrogen) atoms. The highest BCUT2D eigenvalue weighted by molar-refractivity contribution is 5.70. The molecule has 0 spiro atoms. The van der Waals surface area contributed by atoms with Gasteiger partial charge in [-0.15, -0.1) is 0 Å². The monoisotopic (exact) mass is 313 g/mol. The number of carboxylic acid groups (broad SMARTS) is 1. The van der Waals surface area contributed by atoms with E-state index in [0.29, 0.717) is 0 Å². The van der Waals surface area contributed by atoms with Gasteiger partial charge in [-0.2, -0.15) is 26.3 Å². The van der Waals surface area contributed by atoms with Gasteiger partial charge in [-0.1, -0.05) is 0 Å². The van der Waals surface area contributed by atoms with E-state index in [1.54, 1.807) is 0 Å². The Morgan fingerprint density at radius 3 is 1.50 bits per heavy atom. The van der Waals surface area contributed by atoms with Crippen LogP contribution in [0.4, 0.5) is 26.3 Å². The Hall–Kier alpha value is -1.11. The summed E-state index contributed by atoms with van der Waals surface area (Å²) in [7, 11) is 0. The first-order valence-corrected chi connectivity index (χ1v) is 4.93. The zero-order valence-electron chi connectivity index (χ0n) is 9.64. The number of halogens is 6. The third-order valence-electron chi connectivity index (χ3n) is 2.28. The molecule has 2 bridgehead atoms. The fraction of sp³-hybridized carbons (Fsp3) is 0.875. The molecule has 6 nitrogen and oxygen atoms in total. The van der Waals surface area contributed by atoms with Gasteiger partial charge in [0.2, 0.25) is 0 Å². The fourth-order valence-electron chi connectivity index (χ4n) is 1.24. The van der Waals surface area contributed by atoms with Crippen LogP contribution in [-0.2, 0) is 19.0 Å². The van der Waals surface area contributed by atoms with Crippen molar-refractivity contribution in [2.24, 2.45) is 0 Å². The Kier molecular flexibility index (Phi) is 4.25. The first-order chi connectivity index (χ1) is 8.81. The van der Waals surface area contributed by atoms with E-state index in [1.807, 2.05) is 0 Å². The summed E-state index contributed by atoms with van der Waals surface area (Å²) >= 11 is 0. The quantitative estimate of drug-likeness (QED) is 0.553. The summed E-state index contributed by atoms with van der Waals surface area (Å²) in [4.78, 5) is 8.78. The van der Waals surface area contributed by atoms with Crippen LogP contribution in [-0.4, -0.2) is 49.7 Å². The number of ether oxygens (including phenoxy) is 3. The predicted octanol–water partition coefficient (Wildman–Crippen LogP) is -1.44. The van der Waals surface area contributed by atoms with Crippen LogP contribution < -0.4 is 10.8 Å². The summed E-state index contributed by atoms with van der Waals surface area (Å²) in [5.74, 6) is -5.85. The van der Waals surface area contributed by atoms with Gasteiger partial charge in [0.05, 0.1) is 0 Å². The van der Waals surface area contributed by atoms with E-state index < -0.39 is 29.8 Å². The smallest absolute Gasteiger partial charge is 0.473 e. The third-order valence-corrected chi connectivity index (χ3v) is 2.28. The van der Waals surface area contributed by atoms with Crippen LogP contribution in [0, 0.1) is 0 Å². The van der Waals surface area contributed by atoms with Crippen molar-refractivity contribution >= 4 is 5.97 Å². The summed E-state index contributed by atoms with van der Waals surface area (Å²) in [5, 5.41) is 8.78. The third kappa shape index (κ3) is 3.50. The molecule has 0 amide bonds. The minimum atomic E-state index is -5.19. The molecule has 3 aliphatic rings. The summed E-state index contributed by atoms with van der Waals surface area (Å²) in [5.41, 5.74) is 2.97. The Bertz CT molecular complexity index is 356. The molecule has 0 unspecified atom stereocenters. The molecule has 0 radical (unpaired) electrons. The maximum Gasteiger partial charge on any atom is 0.473 e. The molecule has 0 aromatic carbocycles. The molecular formula is C8H9F6NO5. The maximum absolute atomic E-state index is 12.4. The number of carbonyl (C=O) groups excluding carboxylic acids is 1. The molecule has 3 fully saturated rings. The highest BCUT2D eigenvalue weighted by Crippen LogP contribution is 2.42. The number of quaternary nitrogens is 1. The molecule has 0 aromatic heterocycles. The van der Waals surface area contributed by atoms with Crippen molar-refractivity contribution in [1.82, 2.24) is 0 Å². The predicted molar refractivity (Wildman–Crippen MR) is 43.3 cm³/mol. The van der Waals surface area contributed by atoms with Gasteiger partial charge in [-0.25, -0.2) is 0 Å². The van der Waals surface area contributed by atoms with Crippen molar-refractivity contribution in [3.05, 3.63) is 0 Å². The molecule has 3 saturated heterocycles. The van der Waals surface area contributed by atoms with Gasteiger partial charge in [0, 0.05) is 0 Å². The number of carboxylic acids is 1. The van der Waals surface area contributed by atoms with Gasteiger partial charge in [0.25, 0.3) is 0 Å². The van der Waals surface area contributed by atoms with Gasteiger partial charge in [0.15, 0.2) is 5.54 Å². The highest BCUT2D eigenvalue weighted by atomic mass is 19.4. The van der Waals surface area contributed by atoms with Crippen LogP contribution in [0.3, 0.4) is 0 Å². The van der Waals surface area contributed by atoms with Crippen molar-refractivity contribution in [1.29, 1.82) is 0 Å². The van der Waals surface area contributed by atoms with Gasteiger partial charge in [0.1, 0.15) is 25.8 Å². The standard InChI is InChI=1S/C6H8F3NO3.C2HF3O2/c7-5(8,9)6-11-1-4(10,2-12-6)3-13-6;3-2(4,5)1(6)7/h1-3,10H2;(H,6,7). The van der Waals surface area contributed by atoms with Gasteiger partial charge in [-0.3, -0.25) is 0 Å². The Morgan fingerprint density at radius 2 is 1.30 bits per heavy atom. The zero-order chi connectivity index (χ0) is 15.8. The summed E-state index contributed by atoms with van der Waals surface area (Å²) in [6.07, 6.45) is -9.85. The summed E-state index contributed by atoms with van der Waals surface area (Å²) in [6.45, 7) is -0.272. The number of fused-ring (bicyclic) bond motifs is 3. The molecule has 3 aliphatic heterocycles. The minimum Gasteiger partial charge on any atom is -0.542 e. The average molecular weight is 313 g/mol. The molecule has 3 N–H and O–H groups in total. The molecule has 0 aromatic rings. The normalized spacial score (nSPS) is 33.4. The fourth-order valence-corrected chi connectivity index (χ4v) is 1.24. The molecule has 12 heteroatoms. The number of aliphatic carboxylic acids is 1. The number of carbonyl (C=O) groups is 1. The second kappa shape index (κ2) is 5.02. The topological polar surface area (TPSA) is 95.5 Å². The lowest BCUT2D eigenvalue weighted by molar-refractivity contribution is -0.619. The van der Waals surface area contributed by atoms with Crippen molar-refractivity contribution in [2.45, 2.75) is 23.9 Å². The van der Waals surface area contributed by atoms with Crippen LogP contribution >= 0.6 is 0 Å². The number of rotatable bonds is 0. The van der Waals surface area contributed by atoms with Gasteiger partial charge >= 0.3 is 18.3 Å². The van der Waals surface area contributed by atoms with E-state index in [2.05, 4.69) is 19.9 Å². The average Bonchev–Trinajstić information content (AvgIpc) is 2.28. The van der Waals surface area contributed by atoms with E-state index >= 15 is 0 Å². The van der Waals surface area contributed by atoms with Crippen LogP contribution in [0.2, 0.25) is 0 Å². The highest BCUT2D eigenvalue weighted by Gasteiger charge is 2.68. The van der Waals surface area contributed by atoms with Crippen molar-refractivity contribution in [2.75, 3.05) is 19.8 Å². The molecule has 0 aliphatic carbocycles. The van der Waals surface area contributed by atoms with Gasteiger partial charge in [-0.05, 0) is 0 Å². The van der Waals surface area contributed by atoms with E-state index in [9.17, 15) is 26.3 Å². The van der Waals surface area contributed by atoms with Crippen LogP contribution in [0.15, 0.2) is 0 Å². The van der Waals surface area contributed by atoms with E-state index in [-0.39, 0.29) is 19.8 Å². The minimum absolute atomic E-state index is 0.0908. The van der Waals surface area contributed by atoms with Crippen molar-refractivity contribution < 1.29 is 56.2 Å². The lowest BCUT2D eigenvalue weighted by atomic mass is 10.0. The first kappa shape index (κ1) is 16.9. The van der Waals surface area contributed by atoms with Gasteiger partial charge < -0.3 is 29.8 Å². The molecule has 0 atom stereocenters. The van der Waals surface area contributed by atoms with E-state index in [0.717, 1.165) is 0 Å². The number of alkyl halides is 6. The van der Waals surface area contributed by atoms with Crippen molar-refractivity contribution in [3.8, 4) is 0 Å². The van der Waals surface area contributed by atoms with Crippen LogP contribution in [0.5, 0.6) is 0 Å². The molecule has 0 saturated carbocycles. The molecule has 3 rings (SSSR count). The second-order valence-corrected chi connectivity index (χ2v) is 4.21. The lowest BCUT2D eigenvalue weighted by Gasteiger charge is -2.47. The van der Waals surface area contributed by atoms with Crippen molar-refractivity contribution in [3.63, 3.8) is 0 Å². The molecular weight excluding hydrogens is 304 g/mol. The lowest BCUT2D eigenvalue weighted by Crippen LogP contribution is -2.86. The summed E-state index contributed by atoms with van der Waals surface area (Å²) in [6, 6.07) is 0. The number of hydrogen-bond donors (Lipinski definition) is 1. The Labute approximate surface area is 107 Å². The first-order valence-electron chi connectivity index (χ1n) is 4.93. The van der Waals surface area contributed by atoms with E-state index in [1.165, 1.54) is 0 Å². The largest absolute Gasteiger partial charge is 0.542 e. The number of hydrogen-bond acceptors (Lipinski definition) is 5. The molecule has 118 valence electrons. The zero-order valence-corrected chi connectivity index (χ0v) is 9.64. The SMILES string of the molecule is O=C([O-])C(F)(F)F.[NH3+]C12COC(C(F)(F)F)(OC1)OC2. The Balaban J connectivity index is 0.000000246. The van der Waals surface area contributed by atoms with Crippen LogP contribution in [0.25, 0.3) is 0 Å². The Morgan fingerprint density at radius 1 is 1.00 bits per heavy atom.